The number of carbonyl (C=O) groups is 1. The number of amides is 1. The van der Waals surface area contributed by atoms with E-state index in [1.165, 1.54) is 17.2 Å². The number of hydrogen-bond acceptors (Lipinski definition) is 4. The predicted molar refractivity (Wildman–Crippen MR) is 91.3 cm³/mol. The molecule has 0 atom stereocenters. The normalized spacial score (nSPS) is 10.6. The zero-order valence-electron chi connectivity index (χ0n) is 13.5. The molecule has 0 aliphatic heterocycles. The maximum Gasteiger partial charge on any atom is 0.253 e. The molecule has 0 N–H and O–H groups in total. The van der Waals surface area contributed by atoms with Gasteiger partial charge in [-0.2, -0.15) is 0 Å². The summed E-state index contributed by atoms with van der Waals surface area (Å²) in [5, 5.41) is 0.517. The molecule has 1 heterocycles. The summed E-state index contributed by atoms with van der Waals surface area (Å²) in [6.07, 6.45) is 1.37. The van der Waals surface area contributed by atoms with E-state index in [2.05, 4.69) is 0 Å². The highest BCUT2D eigenvalue weighted by atomic mass is 16.5. The molecule has 0 aliphatic rings. The van der Waals surface area contributed by atoms with Crippen LogP contribution in [0, 0.1) is 0 Å². The molecule has 3 rings (SSSR count). The van der Waals surface area contributed by atoms with Crippen molar-refractivity contribution >= 4 is 16.9 Å². The summed E-state index contributed by atoms with van der Waals surface area (Å²) in [6, 6.07) is 13.8. The van der Waals surface area contributed by atoms with Gasteiger partial charge in [-0.3, -0.25) is 9.59 Å². The molecule has 0 aliphatic carbocycles. The van der Waals surface area contributed by atoms with E-state index in [1.54, 1.807) is 38.4 Å². The van der Waals surface area contributed by atoms with Crippen molar-refractivity contribution in [3.8, 4) is 5.75 Å². The summed E-state index contributed by atoms with van der Waals surface area (Å²) < 4.78 is 11.1. The van der Waals surface area contributed by atoms with Gasteiger partial charge in [0, 0.05) is 31.8 Å². The zero-order chi connectivity index (χ0) is 17.1. The van der Waals surface area contributed by atoms with Gasteiger partial charge in [-0.15, -0.1) is 0 Å². The number of benzene rings is 2. The highest BCUT2D eigenvalue weighted by Gasteiger charge is 2.08. The average molecular weight is 323 g/mol. The molecule has 24 heavy (non-hydrogen) atoms. The molecule has 0 unspecified atom stereocenters. The molecule has 1 amide bonds. The van der Waals surface area contributed by atoms with Crippen LogP contribution in [0.4, 0.5) is 0 Å². The molecule has 2 aromatic carbocycles. The number of carbonyl (C=O) groups excluding carboxylic acids is 1. The molecule has 5 heteroatoms. The highest BCUT2D eigenvalue weighted by molar-refractivity contribution is 5.94. The van der Waals surface area contributed by atoms with Crippen LogP contribution in [-0.2, 0) is 6.61 Å². The third-order valence-electron chi connectivity index (χ3n) is 3.62. The average Bonchev–Trinajstić information content (AvgIpc) is 2.59. The minimum atomic E-state index is -0.0855. The lowest BCUT2D eigenvalue weighted by Crippen LogP contribution is -2.21. The van der Waals surface area contributed by atoms with Crippen LogP contribution < -0.4 is 10.2 Å². The number of nitrogens with zero attached hydrogens (tertiary/aromatic N) is 1. The number of ether oxygens (including phenoxy) is 1. The summed E-state index contributed by atoms with van der Waals surface area (Å²) >= 11 is 0. The van der Waals surface area contributed by atoms with Gasteiger partial charge in [0.1, 0.15) is 17.9 Å². The lowest BCUT2D eigenvalue weighted by molar-refractivity contribution is 0.0827. The van der Waals surface area contributed by atoms with Crippen molar-refractivity contribution in [2.75, 3.05) is 14.1 Å². The Hall–Kier alpha value is -3.08. The summed E-state index contributed by atoms with van der Waals surface area (Å²) in [5.41, 5.74) is 1.90. The van der Waals surface area contributed by atoms with Crippen LogP contribution in [0.25, 0.3) is 11.0 Å². The quantitative estimate of drug-likeness (QED) is 0.740. The Kier molecular flexibility index (Phi) is 4.33. The van der Waals surface area contributed by atoms with E-state index in [1.807, 2.05) is 18.2 Å². The first-order valence-corrected chi connectivity index (χ1v) is 7.49. The molecule has 0 saturated carbocycles. The highest BCUT2D eigenvalue weighted by Crippen LogP contribution is 2.19. The van der Waals surface area contributed by atoms with Crippen LogP contribution in [0.2, 0.25) is 0 Å². The van der Waals surface area contributed by atoms with Crippen LogP contribution in [0.1, 0.15) is 15.9 Å². The van der Waals surface area contributed by atoms with Crippen LogP contribution in [0.15, 0.2) is 64.0 Å². The largest absolute Gasteiger partial charge is 0.489 e. The summed E-state index contributed by atoms with van der Waals surface area (Å²) in [7, 11) is 3.43. The van der Waals surface area contributed by atoms with Crippen LogP contribution in [0.5, 0.6) is 5.75 Å². The first-order valence-electron chi connectivity index (χ1n) is 7.49. The summed E-state index contributed by atoms with van der Waals surface area (Å²) in [5.74, 6) is 0.547. The molecule has 122 valence electrons. The van der Waals surface area contributed by atoms with Gasteiger partial charge in [0.05, 0.1) is 11.6 Å². The predicted octanol–water partition coefficient (Wildman–Crippen LogP) is 3.07. The Morgan fingerprint density at radius 3 is 2.75 bits per heavy atom. The van der Waals surface area contributed by atoms with E-state index in [4.69, 9.17) is 9.15 Å². The monoisotopic (exact) mass is 323 g/mol. The van der Waals surface area contributed by atoms with Gasteiger partial charge in [-0.1, -0.05) is 12.1 Å². The van der Waals surface area contributed by atoms with Crippen LogP contribution in [0.3, 0.4) is 0 Å². The van der Waals surface area contributed by atoms with E-state index < -0.39 is 0 Å². The van der Waals surface area contributed by atoms with Gasteiger partial charge in [-0.25, -0.2) is 0 Å². The van der Waals surface area contributed by atoms with Crippen molar-refractivity contribution < 1.29 is 13.9 Å². The fourth-order valence-electron chi connectivity index (χ4n) is 2.37. The fourth-order valence-corrected chi connectivity index (χ4v) is 2.37. The van der Waals surface area contributed by atoms with Gasteiger partial charge in [-0.05, 0) is 29.8 Å². The molecule has 1 aromatic heterocycles. The molecule has 5 nitrogen and oxygen atoms in total. The van der Waals surface area contributed by atoms with Gasteiger partial charge in [0.25, 0.3) is 5.91 Å². The molecule has 0 fully saturated rings. The van der Waals surface area contributed by atoms with Crippen molar-refractivity contribution in [3.05, 3.63) is 76.1 Å². The van der Waals surface area contributed by atoms with Crippen molar-refractivity contribution in [2.24, 2.45) is 0 Å². The van der Waals surface area contributed by atoms with Gasteiger partial charge >= 0.3 is 0 Å². The van der Waals surface area contributed by atoms with Crippen molar-refractivity contribution in [3.63, 3.8) is 0 Å². The molecule has 3 aromatic rings. The van der Waals surface area contributed by atoms with E-state index in [0.29, 0.717) is 28.9 Å². The lowest BCUT2D eigenvalue weighted by Gasteiger charge is -2.12. The third kappa shape index (κ3) is 3.30. The minimum absolute atomic E-state index is 0.0515. The Morgan fingerprint density at radius 2 is 1.96 bits per heavy atom. The maximum atomic E-state index is 12.0. The van der Waals surface area contributed by atoms with Gasteiger partial charge in [0.2, 0.25) is 0 Å². The molecular weight excluding hydrogens is 306 g/mol. The second kappa shape index (κ2) is 6.58. The van der Waals surface area contributed by atoms with Gasteiger partial charge in [0.15, 0.2) is 5.43 Å². The Balaban J connectivity index is 1.77. The molecule has 0 saturated heterocycles. The number of hydrogen-bond donors (Lipinski definition) is 0. The Bertz CT molecular complexity index is 943. The first kappa shape index (κ1) is 15.8. The second-order valence-corrected chi connectivity index (χ2v) is 5.63. The molecule has 0 radical (unpaired) electrons. The maximum absolute atomic E-state index is 12.0. The lowest BCUT2D eigenvalue weighted by atomic mass is 10.1. The van der Waals surface area contributed by atoms with Crippen molar-refractivity contribution in [1.82, 2.24) is 4.90 Å². The topological polar surface area (TPSA) is 59.8 Å². The minimum Gasteiger partial charge on any atom is -0.489 e. The van der Waals surface area contributed by atoms with E-state index >= 15 is 0 Å². The third-order valence-corrected chi connectivity index (χ3v) is 3.62. The van der Waals surface area contributed by atoms with E-state index in [9.17, 15) is 9.59 Å². The van der Waals surface area contributed by atoms with Crippen molar-refractivity contribution in [1.29, 1.82) is 0 Å². The van der Waals surface area contributed by atoms with Crippen LogP contribution >= 0.6 is 0 Å². The molecule has 0 bridgehead atoms. The summed E-state index contributed by atoms with van der Waals surface area (Å²) in [4.78, 5) is 25.2. The second-order valence-electron chi connectivity index (χ2n) is 5.63. The summed E-state index contributed by atoms with van der Waals surface area (Å²) in [6.45, 7) is 0.317. The van der Waals surface area contributed by atoms with Gasteiger partial charge < -0.3 is 14.1 Å². The number of rotatable bonds is 4. The SMILES string of the molecule is CN(C)C(=O)c1cccc(COc2ccc3c(=O)ccoc3c2)c1. The Morgan fingerprint density at radius 1 is 1.12 bits per heavy atom. The Labute approximate surface area is 139 Å². The van der Waals surface area contributed by atoms with Crippen LogP contribution in [-0.4, -0.2) is 24.9 Å². The zero-order valence-corrected chi connectivity index (χ0v) is 13.5. The van der Waals surface area contributed by atoms with E-state index in [0.717, 1.165) is 5.56 Å². The molecular formula is C19H17NO4. The standard InChI is InChI=1S/C19H17NO4/c1-20(2)19(22)14-5-3-4-13(10-14)12-24-15-6-7-16-17(21)8-9-23-18(16)11-15/h3-11H,12H2,1-2H3. The smallest absolute Gasteiger partial charge is 0.253 e. The molecule has 0 spiro atoms. The van der Waals surface area contributed by atoms with Crippen molar-refractivity contribution in [2.45, 2.75) is 6.61 Å². The van der Waals surface area contributed by atoms with E-state index in [-0.39, 0.29) is 11.3 Å². The number of fused-ring (bicyclic) bond motifs is 1. The fraction of sp³-hybridized carbons (Fsp3) is 0.158. The first-order chi connectivity index (χ1) is 11.5.